The Morgan fingerprint density at radius 2 is 1.71 bits per heavy atom. The Hall–Kier alpha value is 0.310. The molecule has 0 saturated carbocycles. The molecule has 0 bridgehead atoms. The lowest BCUT2D eigenvalue weighted by Crippen LogP contribution is -1.98. The van der Waals surface area contributed by atoms with Gasteiger partial charge in [0, 0.05) is 0 Å². The summed E-state index contributed by atoms with van der Waals surface area (Å²) in [6, 6.07) is 0. The monoisotopic (exact) mass is 122 g/mol. The Labute approximate surface area is 48.8 Å². The smallest absolute Gasteiger partial charge is 0.107 e. The Balaban J connectivity index is 0. The third kappa shape index (κ3) is 10.7. The van der Waals surface area contributed by atoms with Crippen LogP contribution in [-0.4, -0.2) is 23.7 Å². The molecule has 0 rings (SSSR count). The summed E-state index contributed by atoms with van der Waals surface area (Å²) in [5.74, 6) is 1.40. The minimum atomic E-state index is 0. The Kier molecular flexibility index (Phi) is 9.31. The highest BCUT2D eigenvalue weighted by molar-refractivity contribution is 7.95. The molecule has 0 aromatic heterocycles. The number of hydrogen-bond donors (Lipinski definition) is 0. The van der Waals surface area contributed by atoms with E-state index in [1.165, 1.54) is 12.2 Å². The summed E-state index contributed by atoms with van der Waals surface area (Å²) in [6.07, 6.45) is 5.91. The quantitative estimate of drug-likeness (QED) is 0.504. The summed E-state index contributed by atoms with van der Waals surface area (Å²) in [4.78, 5) is 0. The van der Waals surface area contributed by atoms with Crippen molar-refractivity contribution < 1.29 is 5.48 Å². The Morgan fingerprint density at radius 1 is 1.29 bits per heavy atom. The highest BCUT2D eigenvalue weighted by Crippen LogP contribution is 1.85. The second kappa shape index (κ2) is 6.31. The third-order valence-corrected chi connectivity index (χ3v) is 1.84. The van der Waals surface area contributed by atoms with Gasteiger partial charge in [-0.1, -0.05) is 6.92 Å². The van der Waals surface area contributed by atoms with Crippen LogP contribution in [0.5, 0.6) is 0 Å². The van der Waals surface area contributed by atoms with Crippen molar-refractivity contribution in [1.82, 2.24) is 0 Å². The molecule has 0 aliphatic heterocycles. The van der Waals surface area contributed by atoms with Crippen molar-refractivity contribution in [3.63, 3.8) is 0 Å². The molecule has 0 aliphatic rings. The second-order valence-electron chi connectivity index (χ2n) is 1.69. The first-order chi connectivity index (χ1) is 2.77. The SMILES string of the molecule is CCC[S+](C)C.[OH-]. The Morgan fingerprint density at radius 3 is 1.71 bits per heavy atom. The summed E-state index contributed by atoms with van der Waals surface area (Å²) in [5.41, 5.74) is 0. The number of hydrogen-bond acceptors (Lipinski definition) is 1. The molecule has 46 valence electrons. The molecule has 0 amide bonds. The lowest BCUT2D eigenvalue weighted by atomic mass is 10.6. The van der Waals surface area contributed by atoms with Gasteiger partial charge in [0.1, 0.15) is 5.75 Å². The summed E-state index contributed by atoms with van der Waals surface area (Å²) in [6.45, 7) is 2.23. The van der Waals surface area contributed by atoms with E-state index in [1.54, 1.807) is 0 Å². The zero-order valence-electron chi connectivity index (χ0n) is 5.27. The molecule has 0 unspecified atom stereocenters. The van der Waals surface area contributed by atoms with E-state index in [0.717, 1.165) is 0 Å². The van der Waals surface area contributed by atoms with E-state index < -0.39 is 0 Å². The van der Waals surface area contributed by atoms with Gasteiger partial charge in [-0.25, -0.2) is 0 Å². The molecule has 0 saturated heterocycles. The molecular weight excluding hydrogens is 108 g/mol. The van der Waals surface area contributed by atoms with Crippen molar-refractivity contribution in [3.8, 4) is 0 Å². The standard InChI is InChI=1S/C5H13S.H2O/c1-4-5-6(2)3;/h4-5H2,1-3H3;1H2/q+1;/p-1. The van der Waals surface area contributed by atoms with Crippen LogP contribution in [0.3, 0.4) is 0 Å². The molecule has 0 spiro atoms. The first-order valence-electron chi connectivity index (χ1n) is 2.31. The maximum atomic E-state index is 2.28. The van der Waals surface area contributed by atoms with Crippen LogP contribution in [0.1, 0.15) is 13.3 Å². The van der Waals surface area contributed by atoms with Gasteiger partial charge in [0.25, 0.3) is 0 Å². The highest BCUT2D eigenvalue weighted by Gasteiger charge is 1.94. The van der Waals surface area contributed by atoms with E-state index >= 15 is 0 Å². The van der Waals surface area contributed by atoms with Crippen LogP contribution in [0.15, 0.2) is 0 Å². The third-order valence-electron chi connectivity index (χ3n) is 0.612. The lowest BCUT2D eigenvalue weighted by Gasteiger charge is -1.87. The summed E-state index contributed by atoms with van der Waals surface area (Å²) in [7, 11) is 0.684. The van der Waals surface area contributed by atoms with Crippen LogP contribution in [0.25, 0.3) is 0 Å². The van der Waals surface area contributed by atoms with Crippen LogP contribution in [-0.2, 0) is 10.9 Å². The topological polar surface area (TPSA) is 30.0 Å². The molecule has 7 heavy (non-hydrogen) atoms. The van der Waals surface area contributed by atoms with Crippen LogP contribution in [0.2, 0.25) is 0 Å². The summed E-state index contributed by atoms with van der Waals surface area (Å²) < 4.78 is 0. The van der Waals surface area contributed by atoms with Crippen molar-refractivity contribution >= 4 is 10.9 Å². The molecule has 1 nitrogen and oxygen atoms in total. The normalized spacial score (nSPS) is 8.57. The molecule has 0 radical (unpaired) electrons. The molecule has 2 heteroatoms. The first kappa shape index (κ1) is 10.3. The van der Waals surface area contributed by atoms with Gasteiger partial charge in [-0.05, 0) is 17.3 Å². The second-order valence-corrected chi connectivity index (χ2v) is 4.07. The molecule has 0 atom stereocenters. The zero-order chi connectivity index (χ0) is 4.99. The maximum absolute atomic E-state index is 2.28. The van der Waals surface area contributed by atoms with E-state index in [1.807, 2.05) is 0 Å². The summed E-state index contributed by atoms with van der Waals surface area (Å²) >= 11 is 0. The molecule has 1 N–H and O–H groups in total. The predicted molar refractivity (Wildman–Crippen MR) is 36.3 cm³/mol. The van der Waals surface area contributed by atoms with Crippen molar-refractivity contribution in [2.24, 2.45) is 0 Å². The maximum Gasteiger partial charge on any atom is 0.107 e. The predicted octanol–water partition coefficient (Wildman–Crippen LogP) is 1.10. The average Bonchev–Trinajstić information content (AvgIpc) is 1.35. The van der Waals surface area contributed by atoms with Gasteiger partial charge in [0.05, 0.1) is 12.5 Å². The molecule has 0 fully saturated rings. The van der Waals surface area contributed by atoms with Crippen LogP contribution < -0.4 is 0 Å². The van der Waals surface area contributed by atoms with Gasteiger partial charge in [-0.15, -0.1) is 0 Å². The van der Waals surface area contributed by atoms with Gasteiger partial charge < -0.3 is 5.48 Å². The van der Waals surface area contributed by atoms with E-state index in [4.69, 9.17) is 0 Å². The highest BCUT2D eigenvalue weighted by atomic mass is 32.2. The van der Waals surface area contributed by atoms with E-state index in [2.05, 4.69) is 19.4 Å². The summed E-state index contributed by atoms with van der Waals surface area (Å²) in [5, 5.41) is 0. The molecule has 0 heterocycles. The van der Waals surface area contributed by atoms with Crippen LogP contribution in [0.4, 0.5) is 0 Å². The average molecular weight is 122 g/mol. The van der Waals surface area contributed by atoms with Gasteiger partial charge in [-0.2, -0.15) is 0 Å². The van der Waals surface area contributed by atoms with Crippen LogP contribution >= 0.6 is 0 Å². The van der Waals surface area contributed by atoms with Crippen LogP contribution in [0, 0.1) is 0 Å². The molecule has 0 aromatic carbocycles. The molecule has 0 aromatic rings. The zero-order valence-corrected chi connectivity index (χ0v) is 6.09. The van der Waals surface area contributed by atoms with Crippen molar-refractivity contribution in [2.45, 2.75) is 13.3 Å². The largest absolute Gasteiger partial charge is 0.870 e. The molecular formula is C5H14OS. The van der Waals surface area contributed by atoms with Crippen molar-refractivity contribution in [3.05, 3.63) is 0 Å². The molecule has 0 aliphatic carbocycles. The minimum absolute atomic E-state index is 0. The van der Waals surface area contributed by atoms with Gasteiger partial charge in [0.15, 0.2) is 0 Å². The first-order valence-corrected chi connectivity index (χ1v) is 4.52. The lowest BCUT2D eigenvalue weighted by molar-refractivity contribution is 0.824. The van der Waals surface area contributed by atoms with Gasteiger partial charge in [-0.3, -0.25) is 0 Å². The van der Waals surface area contributed by atoms with E-state index in [-0.39, 0.29) is 5.48 Å². The Bertz CT molecular complexity index is 29.3. The fraction of sp³-hybridized carbons (Fsp3) is 1.00. The number of rotatable bonds is 2. The van der Waals surface area contributed by atoms with E-state index in [9.17, 15) is 0 Å². The van der Waals surface area contributed by atoms with Crippen molar-refractivity contribution in [1.29, 1.82) is 0 Å². The van der Waals surface area contributed by atoms with E-state index in [0.29, 0.717) is 10.9 Å². The fourth-order valence-corrected chi connectivity index (χ4v) is 1.22. The van der Waals surface area contributed by atoms with Crippen molar-refractivity contribution in [2.75, 3.05) is 18.3 Å². The fourth-order valence-electron chi connectivity index (χ4n) is 0.408. The van der Waals surface area contributed by atoms with Gasteiger partial charge in [0.2, 0.25) is 0 Å². The minimum Gasteiger partial charge on any atom is -0.870 e. The van der Waals surface area contributed by atoms with Gasteiger partial charge >= 0.3 is 0 Å².